The van der Waals surface area contributed by atoms with Crippen LogP contribution in [0.15, 0.2) is 78.9 Å². The van der Waals surface area contributed by atoms with Gasteiger partial charge in [-0.3, -0.25) is 0 Å². The molecule has 0 aliphatic rings. The lowest BCUT2D eigenvalue weighted by Gasteiger charge is -2.12. The molecule has 3 nitrogen and oxygen atoms in total. The van der Waals surface area contributed by atoms with Crippen LogP contribution in [0.2, 0.25) is 0 Å². The number of carboxylic acid groups (broad SMARTS) is 1. The topological polar surface area (TPSA) is 42.2 Å². The van der Waals surface area contributed by atoms with Crippen molar-refractivity contribution in [1.82, 2.24) is 4.57 Å². The van der Waals surface area contributed by atoms with Crippen molar-refractivity contribution in [3.8, 4) is 11.3 Å². The van der Waals surface area contributed by atoms with E-state index in [1.807, 2.05) is 42.5 Å². The number of nitrogens with zero attached hydrogens (tertiary/aromatic N) is 1. The van der Waals surface area contributed by atoms with E-state index in [0.717, 1.165) is 34.3 Å². The maximum absolute atomic E-state index is 11.4. The second-order valence-corrected chi connectivity index (χ2v) is 6.45. The van der Waals surface area contributed by atoms with Crippen LogP contribution in [0.1, 0.15) is 21.5 Å². The molecule has 3 aromatic carbocycles. The molecular formula is C23H19NO2. The minimum absolute atomic E-state index is 0.317. The van der Waals surface area contributed by atoms with E-state index in [2.05, 4.69) is 35.8 Å². The summed E-state index contributed by atoms with van der Waals surface area (Å²) in [5.41, 5.74) is 5.95. The molecule has 4 rings (SSSR count). The van der Waals surface area contributed by atoms with Crippen molar-refractivity contribution in [3.05, 3.63) is 95.6 Å². The lowest BCUT2D eigenvalue weighted by molar-refractivity contribution is 0.0697. The fourth-order valence-corrected chi connectivity index (χ4v) is 3.55. The van der Waals surface area contributed by atoms with E-state index in [1.165, 1.54) is 5.56 Å². The molecule has 0 saturated carbocycles. The Labute approximate surface area is 152 Å². The van der Waals surface area contributed by atoms with Crippen LogP contribution in [0.25, 0.3) is 22.2 Å². The van der Waals surface area contributed by atoms with Gasteiger partial charge in [-0.05, 0) is 41.8 Å². The minimum Gasteiger partial charge on any atom is -0.478 e. The highest BCUT2D eigenvalue weighted by Gasteiger charge is 2.17. The molecule has 0 aliphatic heterocycles. The Bertz CT molecular complexity index is 1080. The molecule has 128 valence electrons. The van der Waals surface area contributed by atoms with Crippen molar-refractivity contribution in [2.45, 2.75) is 13.5 Å². The summed E-state index contributed by atoms with van der Waals surface area (Å²) in [5, 5.41) is 10.3. The van der Waals surface area contributed by atoms with E-state index in [0.29, 0.717) is 5.56 Å². The maximum Gasteiger partial charge on any atom is 0.335 e. The number of fused-ring (bicyclic) bond motifs is 1. The Balaban J connectivity index is 1.98. The maximum atomic E-state index is 11.4. The van der Waals surface area contributed by atoms with Gasteiger partial charge in [0, 0.05) is 17.4 Å². The smallest absolute Gasteiger partial charge is 0.335 e. The van der Waals surface area contributed by atoms with E-state index in [-0.39, 0.29) is 0 Å². The number of carbonyl (C=O) groups is 1. The van der Waals surface area contributed by atoms with E-state index < -0.39 is 5.97 Å². The monoisotopic (exact) mass is 341 g/mol. The van der Waals surface area contributed by atoms with E-state index in [1.54, 1.807) is 12.1 Å². The highest BCUT2D eigenvalue weighted by Crippen LogP contribution is 2.34. The first-order chi connectivity index (χ1) is 12.6. The molecule has 0 bridgehead atoms. The van der Waals surface area contributed by atoms with Crippen molar-refractivity contribution in [3.63, 3.8) is 0 Å². The summed E-state index contributed by atoms with van der Waals surface area (Å²) in [4.78, 5) is 11.4. The molecule has 26 heavy (non-hydrogen) atoms. The highest BCUT2D eigenvalue weighted by atomic mass is 16.4. The summed E-state index contributed by atoms with van der Waals surface area (Å²) in [7, 11) is 0. The largest absolute Gasteiger partial charge is 0.478 e. The van der Waals surface area contributed by atoms with E-state index in [9.17, 15) is 9.90 Å². The van der Waals surface area contributed by atoms with Crippen molar-refractivity contribution in [1.29, 1.82) is 0 Å². The number of aromatic nitrogens is 1. The Kier molecular flexibility index (Phi) is 4.05. The molecule has 3 heteroatoms. The molecule has 0 saturated heterocycles. The normalized spacial score (nSPS) is 11.0. The quantitative estimate of drug-likeness (QED) is 0.543. The van der Waals surface area contributed by atoms with Crippen molar-refractivity contribution >= 4 is 16.9 Å². The molecule has 0 spiro atoms. The molecule has 1 heterocycles. The summed E-state index contributed by atoms with van der Waals surface area (Å²) < 4.78 is 2.28. The van der Waals surface area contributed by atoms with Gasteiger partial charge in [0.1, 0.15) is 0 Å². The van der Waals surface area contributed by atoms with Crippen molar-refractivity contribution in [2.75, 3.05) is 0 Å². The molecular weight excluding hydrogens is 322 g/mol. The van der Waals surface area contributed by atoms with Gasteiger partial charge < -0.3 is 9.67 Å². The number of hydrogen-bond donors (Lipinski definition) is 1. The summed E-state index contributed by atoms with van der Waals surface area (Å²) >= 11 is 0. The van der Waals surface area contributed by atoms with Gasteiger partial charge in [0.25, 0.3) is 0 Å². The molecule has 0 fully saturated rings. The molecule has 0 radical (unpaired) electrons. The van der Waals surface area contributed by atoms with Gasteiger partial charge in [0.05, 0.1) is 11.3 Å². The minimum atomic E-state index is -0.900. The fourth-order valence-electron chi connectivity index (χ4n) is 3.55. The van der Waals surface area contributed by atoms with Crippen LogP contribution in [0, 0.1) is 6.92 Å². The van der Waals surface area contributed by atoms with Gasteiger partial charge in [-0.25, -0.2) is 4.79 Å². The van der Waals surface area contributed by atoms with Gasteiger partial charge in [0.15, 0.2) is 0 Å². The van der Waals surface area contributed by atoms with Crippen molar-refractivity contribution < 1.29 is 9.90 Å². The number of aromatic carboxylic acids is 1. The second kappa shape index (κ2) is 6.52. The van der Waals surface area contributed by atoms with E-state index >= 15 is 0 Å². The van der Waals surface area contributed by atoms with Crippen LogP contribution in [-0.4, -0.2) is 15.6 Å². The van der Waals surface area contributed by atoms with Gasteiger partial charge in [-0.1, -0.05) is 60.7 Å². The van der Waals surface area contributed by atoms with E-state index in [4.69, 9.17) is 0 Å². The Hall–Kier alpha value is -3.33. The summed E-state index contributed by atoms with van der Waals surface area (Å²) in [6, 6.07) is 26.0. The van der Waals surface area contributed by atoms with Crippen molar-refractivity contribution in [2.24, 2.45) is 0 Å². The zero-order chi connectivity index (χ0) is 18.1. The Morgan fingerprint density at radius 3 is 2.23 bits per heavy atom. The predicted octanol–water partition coefficient (Wildman–Crippen LogP) is 5.36. The average molecular weight is 341 g/mol. The molecule has 0 unspecified atom stereocenters. The molecule has 1 aromatic heterocycles. The van der Waals surface area contributed by atoms with Gasteiger partial charge in [-0.2, -0.15) is 0 Å². The van der Waals surface area contributed by atoms with Crippen LogP contribution in [0.5, 0.6) is 0 Å². The Morgan fingerprint density at radius 1 is 0.923 bits per heavy atom. The third kappa shape index (κ3) is 2.78. The number of benzene rings is 3. The van der Waals surface area contributed by atoms with Crippen LogP contribution in [-0.2, 0) is 6.54 Å². The lowest BCUT2D eigenvalue weighted by atomic mass is 10.1. The summed E-state index contributed by atoms with van der Waals surface area (Å²) in [6.07, 6.45) is 0. The van der Waals surface area contributed by atoms with Gasteiger partial charge in [-0.15, -0.1) is 0 Å². The first-order valence-electron chi connectivity index (χ1n) is 8.60. The van der Waals surface area contributed by atoms with Crippen LogP contribution < -0.4 is 0 Å². The third-order valence-electron chi connectivity index (χ3n) is 4.79. The zero-order valence-corrected chi connectivity index (χ0v) is 14.5. The first kappa shape index (κ1) is 16.2. The lowest BCUT2D eigenvalue weighted by Crippen LogP contribution is -2.02. The first-order valence-corrected chi connectivity index (χ1v) is 8.60. The number of rotatable bonds is 4. The molecule has 0 atom stereocenters. The van der Waals surface area contributed by atoms with Crippen LogP contribution >= 0.6 is 0 Å². The highest BCUT2D eigenvalue weighted by molar-refractivity contribution is 5.98. The summed E-state index contributed by atoms with van der Waals surface area (Å²) in [5.74, 6) is -0.900. The molecule has 1 N–H and O–H groups in total. The number of carboxylic acids is 1. The van der Waals surface area contributed by atoms with Crippen LogP contribution in [0.3, 0.4) is 0 Å². The third-order valence-corrected chi connectivity index (χ3v) is 4.79. The predicted molar refractivity (Wildman–Crippen MR) is 105 cm³/mol. The molecule has 4 aromatic rings. The van der Waals surface area contributed by atoms with Gasteiger partial charge in [0.2, 0.25) is 0 Å². The zero-order valence-electron chi connectivity index (χ0n) is 14.5. The Morgan fingerprint density at radius 2 is 1.58 bits per heavy atom. The van der Waals surface area contributed by atoms with Crippen LogP contribution in [0.4, 0.5) is 0 Å². The number of hydrogen-bond acceptors (Lipinski definition) is 1. The summed E-state index contributed by atoms with van der Waals surface area (Å²) in [6.45, 7) is 2.81. The SMILES string of the molecule is Cc1c(-c2ccccc2)n(Cc2ccccc2)c2ccc(C(=O)O)cc12. The molecule has 0 aliphatic carbocycles. The second-order valence-electron chi connectivity index (χ2n) is 6.45. The number of aryl methyl sites for hydroxylation is 1. The molecule has 0 amide bonds. The fraction of sp³-hybridized carbons (Fsp3) is 0.0870. The average Bonchev–Trinajstić information content (AvgIpc) is 2.95. The standard InChI is InChI=1S/C23H19NO2/c1-16-20-14-19(23(25)26)12-13-21(20)24(15-17-8-4-2-5-9-17)22(16)18-10-6-3-7-11-18/h2-14H,15H2,1H3,(H,25,26). The van der Waals surface area contributed by atoms with Gasteiger partial charge >= 0.3 is 5.97 Å².